The number of ether oxygens (including phenoxy) is 1. The molecule has 2 N–H and O–H groups in total. The standard InChI is InChI=1S/C13H25N3O3/c1-4-11-7-12(15-13(18)19-3)9-16(8-11)6-5-14-10(2)17/h11-12H,4-9H2,1-3H3,(H,14,17)(H,15,18). The lowest BCUT2D eigenvalue weighted by atomic mass is 9.92. The van der Waals surface area contributed by atoms with Crippen LogP contribution in [0.15, 0.2) is 0 Å². The van der Waals surface area contributed by atoms with Gasteiger partial charge in [-0.25, -0.2) is 4.79 Å². The molecule has 0 aliphatic carbocycles. The average molecular weight is 271 g/mol. The van der Waals surface area contributed by atoms with E-state index in [0.29, 0.717) is 12.5 Å². The average Bonchev–Trinajstić information content (AvgIpc) is 2.37. The van der Waals surface area contributed by atoms with Gasteiger partial charge in [-0.3, -0.25) is 9.69 Å². The molecule has 1 fully saturated rings. The van der Waals surface area contributed by atoms with E-state index < -0.39 is 0 Å². The number of methoxy groups -OCH3 is 1. The van der Waals surface area contributed by atoms with Gasteiger partial charge in [-0.1, -0.05) is 13.3 Å². The maximum Gasteiger partial charge on any atom is 0.407 e. The molecule has 1 rings (SSSR count). The van der Waals surface area contributed by atoms with Crippen molar-refractivity contribution in [2.75, 3.05) is 33.3 Å². The number of amides is 2. The maximum atomic E-state index is 11.3. The third kappa shape index (κ3) is 5.92. The Kier molecular flexibility index (Phi) is 6.62. The minimum atomic E-state index is -0.372. The topological polar surface area (TPSA) is 70.7 Å². The van der Waals surface area contributed by atoms with Crippen LogP contribution in [0.5, 0.6) is 0 Å². The first-order valence-corrected chi connectivity index (χ1v) is 6.86. The second kappa shape index (κ2) is 7.99. The number of hydrogen-bond donors (Lipinski definition) is 2. The van der Waals surface area contributed by atoms with Gasteiger partial charge in [0.2, 0.25) is 5.91 Å². The summed E-state index contributed by atoms with van der Waals surface area (Å²) in [7, 11) is 1.38. The van der Waals surface area contributed by atoms with E-state index in [1.54, 1.807) is 0 Å². The van der Waals surface area contributed by atoms with Crippen molar-refractivity contribution in [1.29, 1.82) is 0 Å². The van der Waals surface area contributed by atoms with E-state index in [9.17, 15) is 9.59 Å². The quantitative estimate of drug-likeness (QED) is 0.767. The maximum absolute atomic E-state index is 11.3. The molecule has 2 unspecified atom stereocenters. The van der Waals surface area contributed by atoms with E-state index in [-0.39, 0.29) is 18.0 Å². The summed E-state index contributed by atoms with van der Waals surface area (Å²) in [5, 5.41) is 5.67. The Bertz CT molecular complexity index is 310. The van der Waals surface area contributed by atoms with Gasteiger partial charge in [0.15, 0.2) is 0 Å². The molecule has 1 heterocycles. The monoisotopic (exact) mass is 271 g/mol. The lowest BCUT2D eigenvalue weighted by Gasteiger charge is -2.37. The highest BCUT2D eigenvalue weighted by molar-refractivity contribution is 5.72. The molecule has 1 aliphatic heterocycles. The van der Waals surface area contributed by atoms with Crippen LogP contribution in [0.3, 0.4) is 0 Å². The first-order valence-electron chi connectivity index (χ1n) is 6.86. The Morgan fingerprint density at radius 2 is 2.11 bits per heavy atom. The predicted octanol–water partition coefficient (Wildman–Crippen LogP) is 0.579. The zero-order valence-corrected chi connectivity index (χ0v) is 12.1. The normalized spacial score (nSPS) is 23.7. The Morgan fingerprint density at radius 3 is 2.68 bits per heavy atom. The lowest BCUT2D eigenvalue weighted by molar-refractivity contribution is -0.119. The van der Waals surface area contributed by atoms with Crippen LogP contribution in [-0.2, 0) is 9.53 Å². The fourth-order valence-corrected chi connectivity index (χ4v) is 2.50. The van der Waals surface area contributed by atoms with Gasteiger partial charge < -0.3 is 15.4 Å². The van der Waals surface area contributed by atoms with Crippen LogP contribution in [0, 0.1) is 5.92 Å². The number of hydrogen-bond acceptors (Lipinski definition) is 4. The second-order valence-corrected chi connectivity index (χ2v) is 5.09. The molecule has 6 heteroatoms. The summed E-state index contributed by atoms with van der Waals surface area (Å²) in [6, 6.07) is 0.128. The van der Waals surface area contributed by atoms with Crippen LogP contribution in [0.2, 0.25) is 0 Å². The van der Waals surface area contributed by atoms with Crippen molar-refractivity contribution in [3.8, 4) is 0 Å². The molecule has 0 radical (unpaired) electrons. The lowest BCUT2D eigenvalue weighted by Crippen LogP contribution is -2.52. The summed E-state index contributed by atoms with van der Waals surface area (Å²) < 4.78 is 4.64. The van der Waals surface area contributed by atoms with Gasteiger partial charge in [0.05, 0.1) is 7.11 Å². The van der Waals surface area contributed by atoms with Gasteiger partial charge in [-0.05, 0) is 12.3 Å². The minimum absolute atomic E-state index is 0.00622. The molecule has 0 aromatic heterocycles. The molecule has 0 aromatic rings. The molecule has 110 valence electrons. The number of nitrogens with zero attached hydrogens (tertiary/aromatic N) is 1. The number of nitrogens with one attached hydrogen (secondary N) is 2. The van der Waals surface area contributed by atoms with Crippen molar-refractivity contribution in [2.45, 2.75) is 32.7 Å². The first kappa shape index (κ1) is 15.8. The zero-order valence-electron chi connectivity index (χ0n) is 12.1. The summed E-state index contributed by atoms with van der Waals surface area (Å²) >= 11 is 0. The highest BCUT2D eigenvalue weighted by Crippen LogP contribution is 2.19. The molecule has 6 nitrogen and oxygen atoms in total. The van der Waals surface area contributed by atoms with Gasteiger partial charge in [0.1, 0.15) is 0 Å². The summed E-state index contributed by atoms with van der Waals surface area (Å²) in [5.74, 6) is 0.571. The van der Waals surface area contributed by atoms with E-state index in [1.165, 1.54) is 14.0 Å². The van der Waals surface area contributed by atoms with Crippen molar-refractivity contribution < 1.29 is 14.3 Å². The van der Waals surface area contributed by atoms with Crippen LogP contribution in [-0.4, -0.2) is 56.2 Å². The minimum Gasteiger partial charge on any atom is -0.453 e. The fraction of sp³-hybridized carbons (Fsp3) is 0.846. The molecule has 0 bridgehead atoms. The van der Waals surface area contributed by atoms with Gasteiger partial charge in [0.25, 0.3) is 0 Å². The highest BCUT2D eigenvalue weighted by atomic mass is 16.5. The molecule has 0 aromatic carbocycles. The second-order valence-electron chi connectivity index (χ2n) is 5.09. The number of carbonyl (C=O) groups excluding carboxylic acids is 2. The smallest absolute Gasteiger partial charge is 0.407 e. The van der Waals surface area contributed by atoms with Crippen LogP contribution in [0.1, 0.15) is 26.7 Å². The SMILES string of the molecule is CCC1CC(NC(=O)OC)CN(CCNC(C)=O)C1. The molecule has 2 amide bonds. The fourth-order valence-electron chi connectivity index (χ4n) is 2.50. The van der Waals surface area contributed by atoms with Crippen LogP contribution < -0.4 is 10.6 Å². The summed E-state index contributed by atoms with van der Waals surface area (Å²) in [6.07, 6.45) is 1.71. The van der Waals surface area contributed by atoms with Gasteiger partial charge in [-0.15, -0.1) is 0 Å². The predicted molar refractivity (Wildman–Crippen MR) is 72.9 cm³/mol. The number of alkyl carbamates (subject to hydrolysis) is 1. The van der Waals surface area contributed by atoms with Crippen molar-refractivity contribution in [3.63, 3.8) is 0 Å². The van der Waals surface area contributed by atoms with Gasteiger partial charge >= 0.3 is 6.09 Å². The number of likely N-dealkylation sites (tertiary alicyclic amines) is 1. The summed E-state index contributed by atoms with van der Waals surface area (Å²) in [4.78, 5) is 24.4. The summed E-state index contributed by atoms with van der Waals surface area (Å²) in [5.41, 5.74) is 0. The van der Waals surface area contributed by atoms with E-state index in [4.69, 9.17) is 0 Å². The van der Waals surface area contributed by atoms with E-state index in [0.717, 1.165) is 32.5 Å². The van der Waals surface area contributed by atoms with Crippen LogP contribution >= 0.6 is 0 Å². The first-order chi connectivity index (χ1) is 9.05. The Morgan fingerprint density at radius 1 is 1.37 bits per heavy atom. The molecule has 1 saturated heterocycles. The van der Waals surface area contributed by atoms with Gasteiger partial charge in [0, 0.05) is 39.1 Å². The van der Waals surface area contributed by atoms with E-state index >= 15 is 0 Å². The van der Waals surface area contributed by atoms with Crippen molar-refractivity contribution >= 4 is 12.0 Å². The molecule has 0 saturated carbocycles. The molecule has 0 spiro atoms. The van der Waals surface area contributed by atoms with Crippen LogP contribution in [0.4, 0.5) is 4.79 Å². The van der Waals surface area contributed by atoms with Crippen LogP contribution in [0.25, 0.3) is 0 Å². The molecule has 2 atom stereocenters. The number of piperidine rings is 1. The van der Waals surface area contributed by atoms with Crippen molar-refractivity contribution in [2.24, 2.45) is 5.92 Å². The molecule has 19 heavy (non-hydrogen) atoms. The third-order valence-electron chi connectivity index (χ3n) is 3.50. The number of carbonyl (C=O) groups is 2. The Labute approximate surface area is 114 Å². The van der Waals surface area contributed by atoms with Crippen molar-refractivity contribution in [1.82, 2.24) is 15.5 Å². The van der Waals surface area contributed by atoms with Gasteiger partial charge in [-0.2, -0.15) is 0 Å². The van der Waals surface area contributed by atoms with Crippen molar-refractivity contribution in [3.05, 3.63) is 0 Å². The molecule has 1 aliphatic rings. The summed E-state index contributed by atoms with van der Waals surface area (Å²) in [6.45, 7) is 6.98. The van der Waals surface area contributed by atoms with E-state index in [1.807, 2.05) is 0 Å². The largest absolute Gasteiger partial charge is 0.453 e. The van der Waals surface area contributed by atoms with E-state index in [2.05, 4.69) is 27.2 Å². The third-order valence-corrected chi connectivity index (χ3v) is 3.50. The molecular weight excluding hydrogens is 246 g/mol. The zero-order chi connectivity index (χ0) is 14.3. The Hall–Kier alpha value is -1.30. The molecular formula is C13H25N3O3. The number of rotatable bonds is 5. The highest BCUT2D eigenvalue weighted by Gasteiger charge is 2.27. The Balaban J connectivity index is 2.42.